The normalized spacial score (nSPS) is 16.1. The topological polar surface area (TPSA) is 117 Å². The van der Waals surface area contributed by atoms with Gasteiger partial charge in [-0.1, -0.05) is 41.7 Å². The zero-order valence-electron chi connectivity index (χ0n) is 16.6. The van der Waals surface area contributed by atoms with E-state index in [2.05, 4.69) is 4.99 Å². The van der Waals surface area contributed by atoms with Gasteiger partial charge in [0.05, 0.1) is 34.5 Å². The van der Waals surface area contributed by atoms with Crippen molar-refractivity contribution in [3.63, 3.8) is 0 Å². The minimum atomic E-state index is -0.704. The summed E-state index contributed by atoms with van der Waals surface area (Å²) in [7, 11) is 0. The first-order valence-electron chi connectivity index (χ1n) is 9.39. The maximum atomic E-state index is 13.3. The summed E-state index contributed by atoms with van der Waals surface area (Å²) in [5.74, 6) is -0.773. The van der Waals surface area contributed by atoms with Crippen molar-refractivity contribution < 1.29 is 18.9 Å². The lowest BCUT2D eigenvalue weighted by molar-refractivity contribution is -0.402. The Hall–Kier alpha value is -3.79. The highest BCUT2D eigenvalue weighted by Crippen LogP contribution is 2.30. The minimum Gasteiger partial charge on any atom is -0.463 e. The molecule has 9 nitrogen and oxygen atoms in total. The number of nitro groups is 1. The number of ether oxygens (including phenoxy) is 1. The number of furan rings is 1. The maximum Gasteiger partial charge on any atom is 0.433 e. The van der Waals surface area contributed by atoms with Crippen LogP contribution in [0.1, 0.15) is 31.2 Å². The SMILES string of the molecule is CCOC(=O)C1=C(C)N=c2s/c(=C\c3ccc([N+](=O)[O-])o3)c(=O)n2[C@@H]1c1ccccc1. The molecule has 158 valence electrons. The van der Waals surface area contributed by atoms with Gasteiger partial charge in [-0.15, -0.1) is 0 Å². The number of nitrogens with zero attached hydrogens (tertiary/aromatic N) is 3. The predicted molar refractivity (Wildman–Crippen MR) is 112 cm³/mol. The first-order valence-corrected chi connectivity index (χ1v) is 10.2. The Morgan fingerprint density at radius 2 is 2.06 bits per heavy atom. The van der Waals surface area contributed by atoms with Crippen LogP contribution in [0.5, 0.6) is 0 Å². The highest BCUT2D eigenvalue weighted by Gasteiger charge is 2.33. The third-order valence-electron chi connectivity index (χ3n) is 4.70. The average molecular weight is 439 g/mol. The molecule has 0 spiro atoms. The van der Waals surface area contributed by atoms with Gasteiger partial charge in [0, 0.05) is 6.08 Å². The number of aromatic nitrogens is 1. The largest absolute Gasteiger partial charge is 0.463 e. The van der Waals surface area contributed by atoms with Crippen LogP contribution in [-0.4, -0.2) is 22.1 Å². The Balaban J connectivity index is 1.92. The molecular formula is C21H17N3O6S. The maximum absolute atomic E-state index is 13.3. The highest BCUT2D eigenvalue weighted by atomic mass is 32.1. The van der Waals surface area contributed by atoms with Gasteiger partial charge in [-0.05, 0) is 25.5 Å². The van der Waals surface area contributed by atoms with Crippen LogP contribution in [0.25, 0.3) is 6.08 Å². The molecule has 4 rings (SSSR count). The number of carbonyl (C=O) groups excluding carboxylic acids is 1. The van der Waals surface area contributed by atoms with Crippen molar-refractivity contribution in [2.75, 3.05) is 6.61 Å². The molecule has 0 fully saturated rings. The standard InChI is InChI=1S/C21H17N3O6S/c1-3-29-20(26)17-12(2)22-21-23(18(17)13-7-5-4-6-8-13)19(25)15(31-21)11-14-9-10-16(30-14)24(27)28/h4-11,18H,3H2,1-2H3/b15-11-/t18-/m1/s1. The molecule has 0 aliphatic carbocycles. The molecule has 0 unspecified atom stereocenters. The lowest BCUT2D eigenvalue weighted by Crippen LogP contribution is -2.39. The molecule has 0 saturated carbocycles. The number of fused-ring (bicyclic) bond motifs is 1. The van der Waals surface area contributed by atoms with E-state index in [0.29, 0.717) is 16.1 Å². The lowest BCUT2D eigenvalue weighted by atomic mass is 9.96. The number of hydrogen-bond acceptors (Lipinski definition) is 8. The van der Waals surface area contributed by atoms with Gasteiger partial charge in [0.1, 0.15) is 10.7 Å². The van der Waals surface area contributed by atoms with E-state index in [1.54, 1.807) is 13.8 Å². The van der Waals surface area contributed by atoms with Crippen molar-refractivity contribution in [2.24, 2.45) is 4.99 Å². The van der Waals surface area contributed by atoms with Crippen molar-refractivity contribution in [3.05, 3.63) is 94.9 Å². The summed E-state index contributed by atoms with van der Waals surface area (Å²) in [5.41, 5.74) is 1.11. The lowest BCUT2D eigenvalue weighted by Gasteiger charge is -2.24. The number of carbonyl (C=O) groups is 1. The summed E-state index contributed by atoms with van der Waals surface area (Å²) in [6.45, 7) is 3.61. The molecule has 10 heteroatoms. The van der Waals surface area contributed by atoms with Crippen LogP contribution in [-0.2, 0) is 9.53 Å². The van der Waals surface area contributed by atoms with Crippen molar-refractivity contribution in [2.45, 2.75) is 19.9 Å². The molecule has 3 aromatic rings. The fraction of sp³-hybridized carbons (Fsp3) is 0.190. The Morgan fingerprint density at radius 1 is 1.32 bits per heavy atom. The molecule has 0 amide bonds. The van der Waals surface area contributed by atoms with Crippen molar-refractivity contribution in [1.29, 1.82) is 0 Å². The van der Waals surface area contributed by atoms with E-state index in [0.717, 1.165) is 16.9 Å². The number of hydrogen-bond donors (Lipinski definition) is 0. The predicted octanol–water partition coefficient (Wildman–Crippen LogP) is 2.30. The van der Waals surface area contributed by atoms with Gasteiger partial charge in [-0.3, -0.25) is 19.5 Å². The molecule has 0 saturated heterocycles. The van der Waals surface area contributed by atoms with Gasteiger partial charge in [-0.25, -0.2) is 9.79 Å². The van der Waals surface area contributed by atoms with Gasteiger partial charge in [0.25, 0.3) is 5.56 Å². The van der Waals surface area contributed by atoms with Crippen LogP contribution in [0.15, 0.2) is 67.9 Å². The molecule has 1 aromatic carbocycles. The smallest absolute Gasteiger partial charge is 0.433 e. The summed E-state index contributed by atoms with van der Waals surface area (Å²) in [4.78, 5) is 41.1. The Labute approximate surface area is 179 Å². The highest BCUT2D eigenvalue weighted by molar-refractivity contribution is 7.07. The number of benzene rings is 1. The summed E-state index contributed by atoms with van der Waals surface area (Å²) < 4.78 is 12.1. The second-order valence-corrected chi connectivity index (χ2v) is 7.66. The third kappa shape index (κ3) is 3.73. The first kappa shape index (κ1) is 20.5. The van der Waals surface area contributed by atoms with Crippen molar-refractivity contribution >= 4 is 29.3 Å². The molecule has 0 bridgehead atoms. The van der Waals surface area contributed by atoms with E-state index < -0.39 is 22.8 Å². The van der Waals surface area contributed by atoms with Gasteiger partial charge >= 0.3 is 11.9 Å². The van der Waals surface area contributed by atoms with Crippen LogP contribution >= 0.6 is 11.3 Å². The molecule has 3 heterocycles. The van der Waals surface area contributed by atoms with E-state index in [4.69, 9.17) is 9.15 Å². The number of thiazole rings is 1. The second kappa shape index (κ2) is 8.15. The zero-order valence-corrected chi connectivity index (χ0v) is 17.4. The van der Waals surface area contributed by atoms with E-state index in [1.807, 2.05) is 30.3 Å². The van der Waals surface area contributed by atoms with E-state index in [9.17, 15) is 19.7 Å². The van der Waals surface area contributed by atoms with Crippen LogP contribution in [0.2, 0.25) is 0 Å². The molecular weight excluding hydrogens is 422 g/mol. The molecule has 2 aromatic heterocycles. The zero-order chi connectivity index (χ0) is 22.1. The summed E-state index contributed by atoms with van der Waals surface area (Å²) in [6.07, 6.45) is 1.43. The fourth-order valence-corrected chi connectivity index (χ4v) is 4.42. The molecule has 1 aliphatic rings. The van der Waals surface area contributed by atoms with Gasteiger partial charge < -0.3 is 9.15 Å². The Morgan fingerprint density at radius 3 is 2.71 bits per heavy atom. The number of rotatable bonds is 5. The Kier molecular flexibility index (Phi) is 5.38. The quantitative estimate of drug-likeness (QED) is 0.342. The average Bonchev–Trinajstić information content (AvgIpc) is 3.33. The first-order chi connectivity index (χ1) is 14.9. The van der Waals surface area contributed by atoms with Crippen molar-refractivity contribution in [3.8, 4) is 0 Å². The molecule has 0 N–H and O–H groups in total. The molecule has 1 aliphatic heterocycles. The summed E-state index contributed by atoms with van der Waals surface area (Å²) in [5, 5.41) is 10.9. The van der Waals surface area contributed by atoms with Gasteiger partial charge in [0.2, 0.25) is 0 Å². The summed E-state index contributed by atoms with van der Waals surface area (Å²) in [6, 6.07) is 11.1. The van der Waals surface area contributed by atoms with Crippen LogP contribution in [0, 0.1) is 10.1 Å². The summed E-state index contributed by atoms with van der Waals surface area (Å²) >= 11 is 1.12. The number of esters is 1. The minimum absolute atomic E-state index is 0.176. The fourth-order valence-electron chi connectivity index (χ4n) is 3.39. The van der Waals surface area contributed by atoms with Crippen LogP contribution in [0.3, 0.4) is 0 Å². The van der Waals surface area contributed by atoms with Gasteiger partial charge in [0.15, 0.2) is 4.80 Å². The monoisotopic (exact) mass is 439 g/mol. The third-order valence-corrected chi connectivity index (χ3v) is 5.68. The van der Waals surface area contributed by atoms with Gasteiger partial charge in [-0.2, -0.15) is 0 Å². The number of allylic oxidation sites excluding steroid dienone is 1. The van der Waals surface area contributed by atoms with Crippen molar-refractivity contribution in [1.82, 2.24) is 4.57 Å². The van der Waals surface area contributed by atoms with E-state index >= 15 is 0 Å². The van der Waals surface area contributed by atoms with Crippen LogP contribution < -0.4 is 14.9 Å². The molecule has 0 radical (unpaired) electrons. The second-order valence-electron chi connectivity index (χ2n) is 6.65. The molecule has 1 atom stereocenters. The van der Waals surface area contributed by atoms with Crippen LogP contribution in [0.4, 0.5) is 5.88 Å². The van der Waals surface area contributed by atoms with E-state index in [-0.39, 0.29) is 22.5 Å². The van der Waals surface area contributed by atoms with E-state index in [1.165, 1.54) is 22.8 Å². The molecule has 31 heavy (non-hydrogen) atoms. The Bertz CT molecular complexity index is 1380.